The Labute approximate surface area is 126 Å². The van der Waals surface area contributed by atoms with Crippen LogP contribution in [-0.2, 0) is 7.05 Å². The maximum atomic E-state index is 4.76. The van der Waals surface area contributed by atoms with Gasteiger partial charge in [0.15, 0.2) is 5.82 Å². The zero-order valence-electron chi connectivity index (χ0n) is 11.0. The molecule has 0 atom stereocenters. The highest BCUT2D eigenvalue weighted by Crippen LogP contribution is 2.42. The van der Waals surface area contributed by atoms with Crippen LogP contribution in [0.25, 0.3) is 11.5 Å². The first-order chi connectivity index (χ1) is 9.20. The Morgan fingerprint density at radius 3 is 2.79 bits per heavy atom. The lowest BCUT2D eigenvalue weighted by Crippen LogP contribution is -2.08. The van der Waals surface area contributed by atoms with Gasteiger partial charge in [0.25, 0.3) is 0 Å². The maximum absolute atomic E-state index is 4.76. The van der Waals surface area contributed by atoms with E-state index in [1.807, 2.05) is 17.8 Å². The molecular weight excluding hydrogens is 353 g/mol. The Bertz CT molecular complexity index is 603. The molecule has 3 rings (SSSR count). The summed E-state index contributed by atoms with van der Waals surface area (Å²) in [6, 6.07) is 1.95. The lowest BCUT2D eigenvalue weighted by molar-refractivity contribution is 0.768. The Morgan fingerprint density at radius 1 is 1.42 bits per heavy atom. The molecule has 0 saturated heterocycles. The largest absolute Gasteiger partial charge is 0.369 e. The number of aromatic nitrogens is 4. The highest BCUT2D eigenvalue weighted by molar-refractivity contribution is 14.1. The molecular formula is C13H16IN5. The van der Waals surface area contributed by atoms with Crippen molar-refractivity contribution < 1.29 is 0 Å². The zero-order valence-corrected chi connectivity index (χ0v) is 13.2. The minimum atomic E-state index is 0.610. The summed E-state index contributed by atoms with van der Waals surface area (Å²) in [7, 11) is 1.92. The molecule has 1 N–H and O–H groups in total. The van der Waals surface area contributed by atoms with Gasteiger partial charge in [-0.3, -0.25) is 4.68 Å². The molecule has 100 valence electrons. The molecule has 2 aromatic heterocycles. The van der Waals surface area contributed by atoms with Crippen molar-refractivity contribution in [1.82, 2.24) is 19.7 Å². The fourth-order valence-corrected chi connectivity index (χ4v) is 2.96. The molecule has 19 heavy (non-hydrogen) atoms. The molecule has 2 heterocycles. The van der Waals surface area contributed by atoms with E-state index in [1.54, 1.807) is 6.20 Å². The predicted octanol–water partition coefficient (Wildman–Crippen LogP) is 2.79. The van der Waals surface area contributed by atoms with E-state index in [-0.39, 0.29) is 0 Å². The van der Waals surface area contributed by atoms with E-state index in [1.165, 1.54) is 18.5 Å². The Hall–Kier alpha value is -1.18. The molecule has 0 radical (unpaired) electrons. The first-order valence-corrected chi connectivity index (χ1v) is 7.58. The fraction of sp³-hybridized carbons (Fsp3) is 0.462. The third kappa shape index (κ3) is 2.45. The van der Waals surface area contributed by atoms with Gasteiger partial charge in [-0.1, -0.05) is 0 Å². The van der Waals surface area contributed by atoms with E-state index in [4.69, 9.17) is 4.98 Å². The number of anilines is 1. The van der Waals surface area contributed by atoms with Crippen molar-refractivity contribution in [3.63, 3.8) is 0 Å². The first-order valence-electron chi connectivity index (χ1n) is 6.50. The second kappa shape index (κ2) is 5.07. The molecule has 0 bridgehead atoms. The van der Waals surface area contributed by atoms with Crippen LogP contribution < -0.4 is 5.32 Å². The number of nitrogens with zero attached hydrogens (tertiary/aromatic N) is 4. The molecule has 2 aromatic rings. The normalized spacial score (nSPS) is 14.7. The van der Waals surface area contributed by atoms with Gasteiger partial charge in [-0.05, 0) is 48.4 Å². The summed E-state index contributed by atoms with van der Waals surface area (Å²) in [5.74, 6) is 2.31. The van der Waals surface area contributed by atoms with E-state index in [2.05, 4.69) is 44.9 Å². The molecule has 0 aliphatic heterocycles. The van der Waals surface area contributed by atoms with Gasteiger partial charge in [0.05, 0.1) is 9.26 Å². The molecule has 6 heteroatoms. The lowest BCUT2D eigenvalue weighted by atomic mass is 10.2. The van der Waals surface area contributed by atoms with Gasteiger partial charge in [-0.25, -0.2) is 9.97 Å². The average molecular weight is 369 g/mol. The minimum absolute atomic E-state index is 0.610. The van der Waals surface area contributed by atoms with Gasteiger partial charge in [-0.15, -0.1) is 0 Å². The number of hydrogen-bond donors (Lipinski definition) is 1. The molecule has 5 nitrogen and oxygen atoms in total. The van der Waals surface area contributed by atoms with Crippen LogP contribution >= 0.6 is 22.6 Å². The Balaban J connectivity index is 2.12. The molecule has 0 aromatic carbocycles. The second-order valence-corrected chi connectivity index (χ2v) is 5.82. The quantitative estimate of drug-likeness (QED) is 0.843. The summed E-state index contributed by atoms with van der Waals surface area (Å²) in [6.07, 6.45) is 4.26. The third-order valence-electron chi connectivity index (χ3n) is 3.24. The zero-order chi connectivity index (χ0) is 13.4. The summed E-state index contributed by atoms with van der Waals surface area (Å²) in [4.78, 5) is 9.41. The fourth-order valence-electron chi connectivity index (χ4n) is 2.08. The van der Waals surface area contributed by atoms with E-state index in [9.17, 15) is 0 Å². The lowest BCUT2D eigenvalue weighted by Gasteiger charge is -2.12. The number of aryl methyl sites for hydroxylation is 1. The smallest absolute Gasteiger partial charge is 0.180 e. The Morgan fingerprint density at radius 2 is 2.21 bits per heavy atom. The summed E-state index contributed by atoms with van der Waals surface area (Å²) in [5, 5.41) is 7.53. The topological polar surface area (TPSA) is 55.6 Å². The number of hydrogen-bond acceptors (Lipinski definition) is 4. The van der Waals surface area contributed by atoms with Crippen LogP contribution in [0.4, 0.5) is 5.82 Å². The molecule has 1 fully saturated rings. The van der Waals surface area contributed by atoms with Gasteiger partial charge in [0.2, 0.25) is 0 Å². The van der Waals surface area contributed by atoms with Crippen molar-refractivity contribution in [2.24, 2.45) is 7.05 Å². The Kier molecular flexibility index (Phi) is 3.42. The van der Waals surface area contributed by atoms with Crippen molar-refractivity contribution in [1.29, 1.82) is 0 Å². The van der Waals surface area contributed by atoms with Crippen molar-refractivity contribution in [2.75, 3.05) is 11.9 Å². The number of nitrogens with one attached hydrogen (secondary N) is 1. The van der Waals surface area contributed by atoms with Crippen LogP contribution in [0.3, 0.4) is 0 Å². The van der Waals surface area contributed by atoms with Crippen LogP contribution in [0.15, 0.2) is 12.3 Å². The summed E-state index contributed by atoms with van der Waals surface area (Å²) < 4.78 is 2.97. The van der Waals surface area contributed by atoms with Crippen molar-refractivity contribution >= 4 is 28.4 Å². The standard InChI is InChI=1S/C13H16IN5/c1-3-15-13-10(14)11(8-4-5-8)17-12(18-13)9-6-7-16-19(9)2/h6-8H,3-5H2,1-2H3,(H,15,17,18). The number of rotatable bonds is 4. The van der Waals surface area contributed by atoms with Crippen molar-refractivity contribution in [3.8, 4) is 11.5 Å². The van der Waals surface area contributed by atoms with Gasteiger partial charge in [0.1, 0.15) is 11.5 Å². The van der Waals surface area contributed by atoms with E-state index in [0.29, 0.717) is 5.92 Å². The number of halogens is 1. The van der Waals surface area contributed by atoms with Crippen LogP contribution in [0, 0.1) is 3.57 Å². The molecule has 0 spiro atoms. The molecule has 1 aliphatic carbocycles. The van der Waals surface area contributed by atoms with Crippen LogP contribution in [0.5, 0.6) is 0 Å². The summed E-state index contributed by atoms with van der Waals surface area (Å²) in [5.41, 5.74) is 2.14. The highest BCUT2D eigenvalue weighted by atomic mass is 127. The van der Waals surface area contributed by atoms with Crippen molar-refractivity contribution in [3.05, 3.63) is 21.5 Å². The maximum Gasteiger partial charge on any atom is 0.180 e. The van der Waals surface area contributed by atoms with E-state index >= 15 is 0 Å². The van der Waals surface area contributed by atoms with Crippen molar-refractivity contribution in [2.45, 2.75) is 25.7 Å². The molecule has 1 aliphatic rings. The first kappa shape index (κ1) is 12.8. The highest BCUT2D eigenvalue weighted by Gasteiger charge is 2.29. The molecule has 1 saturated carbocycles. The van der Waals surface area contributed by atoms with Gasteiger partial charge >= 0.3 is 0 Å². The van der Waals surface area contributed by atoms with E-state index < -0.39 is 0 Å². The average Bonchev–Trinajstić information content (AvgIpc) is 3.14. The molecule has 0 amide bonds. The van der Waals surface area contributed by atoms with Crippen LogP contribution in [-0.4, -0.2) is 26.3 Å². The van der Waals surface area contributed by atoms with Gasteiger partial charge in [-0.2, -0.15) is 5.10 Å². The third-order valence-corrected chi connectivity index (χ3v) is 4.30. The summed E-state index contributed by atoms with van der Waals surface area (Å²) in [6.45, 7) is 2.95. The van der Waals surface area contributed by atoms with Gasteiger partial charge in [0, 0.05) is 25.7 Å². The predicted molar refractivity (Wildman–Crippen MR) is 83.1 cm³/mol. The minimum Gasteiger partial charge on any atom is -0.369 e. The van der Waals surface area contributed by atoms with Crippen LogP contribution in [0.2, 0.25) is 0 Å². The van der Waals surface area contributed by atoms with E-state index in [0.717, 1.165) is 27.5 Å². The van der Waals surface area contributed by atoms with Gasteiger partial charge < -0.3 is 5.32 Å². The molecule has 0 unspecified atom stereocenters. The van der Waals surface area contributed by atoms with Crippen LogP contribution in [0.1, 0.15) is 31.4 Å². The summed E-state index contributed by atoms with van der Waals surface area (Å²) >= 11 is 2.35. The SMILES string of the molecule is CCNc1nc(-c2ccnn2C)nc(C2CC2)c1I. The second-order valence-electron chi connectivity index (χ2n) is 4.74. The monoisotopic (exact) mass is 369 g/mol.